The second kappa shape index (κ2) is 5.54. The third-order valence-corrected chi connectivity index (χ3v) is 3.60. The highest BCUT2D eigenvalue weighted by Gasteiger charge is 2.40. The molecule has 1 fully saturated rings. The van der Waals surface area contributed by atoms with Crippen LogP contribution in [-0.2, 0) is 4.74 Å². The van der Waals surface area contributed by atoms with Gasteiger partial charge in [-0.1, -0.05) is 6.42 Å². The highest BCUT2D eigenvalue weighted by molar-refractivity contribution is 4.95. The van der Waals surface area contributed by atoms with E-state index in [0.29, 0.717) is 6.42 Å². The summed E-state index contributed by atoms with van der Waals surface area (Å²) in [6.45, 7) is 0.910. The number of halogens is 3. The zero-order valence-corrected chi connectivity index (χ0v) is 9.96. The van der Waals surface area contributed by atoms with Crippen LogP contribution in [0, 0.1) is 5.92 Å². The van der Waals surface area contributed by atoms with Crippen LogP contribution < -0.4 is 5.73 Å². The van der Waals surface area contributed by atoms with Gasteiger partial charge in [-0.25, -0.2) is 0 Å². The first-order valence-electron chi connectivity index (χ1n) is 5.87. The second-order valence-corrected chi connectivity index (χ2v) is 4.82. The van der Waals surface area contributed by atoms with Gasteiger partial charge in [0.15, 0.2) is 6.10 Å². The summed E-state index contributed by atoms with van der Waals surface area (Å²) in [5, 5.41) is 9.19. The van der Waals surface area contributed by atoms with Crippen LogP contribution in [0.1, 0.15) is 32.6 Å². The molecule has 3 N–H and O–H groups in total. The van der Waals surface area contributed by atoms with Crippen molar-refractivity contribution < 1.29 is 23.0 Å². The molecular weight excluding hydrogens is 235 g/mol. The molecule has 0 bridgehead atoms. The van der Waals surface area contributed by atoms with Gasteiger partial charge in [0.05, 0.1) is 6.61 Å². The van der Waals surface area contributed by atoms with Crippen molar-refractivity contribution in [2.45, 2.75) is 50.4 Å². The molecule has 0 spiro atoms. The lowest BCUT2D eigenvalue weighted by atomic mass is 9.87. The highest BCUT2D eigenvalue weighted by atomic mass is 19.4. The van der Waals surface area contributed by atoms with Crippen LogP contribution in [0.25, 0.3) is 0 Å². The van der Waals surface area contributed by atoms with Crippen molar-refractivity contribution in [1.29, 1.82) is 0 Å². The second-order valence-electron chi connectivity index (χ2n) is 4.82. The molecule has 0 saturated heterocycles. The van der Waals surface area contributed by atoms with Crippen LogP contribution in [0.3, 0.4) is 0 Å². The van der Waals surface area contributed by atoms with Crippen LogP contribution in [0.5, 0.6) is 0 Å². The molecule has 1 aliphatic carbocycles. The smallest absolute Gasteiger partial charge is 0.394 e. The molecule has 0 aliphatic heterocycles. The van der Waals surface area contributed by atoms with E-state index < -0.39 is 17.8 Å². The Bertz CT molecular complexity index is 247. The Hall–Kier alpha value is -0.330. The lowest BCUT2D eigenvalue weighted by molar-refractivity contribution is -0.215. The average Bonchev–Trinajstić information content (AvgIpc) is 2.60. The monoisotopic (exact) mass is 255 g/mol. The van der Waals surface area contributed by atoms with Crippen molar-refractivity contribution in [2.75, 3.05) is 13.2 Å². The minimum atomic E-state index is -4.31. The molecule has 6 heteroatoms. The molecular formula is C11H20F3NO2. The number of alkyl halides is 3. The van der Waals surface area contributed by atoms with E-state index in [1.54, 1.807) is 0 Å². The van der Waals surface area contributed by atoms with Crippen molar-refractivity contribution in [3.63, 3.8) is 0 Å². The lowest BCUT2D eigenvalue weighted by Crippen LogP contribution is -2.47. The summed E-state index contributed by atoms with van der Waals surface area (Å²) in [5.74, 6) is 0.0490. The minimum Gasteiger partial charge on any atom is -0.394 e. The van der Waals surface area contributed by atoms with E-state index in [1.807, 2.05) is 0 Å². The number of aliphatic hydroxyl groups excluding tert-OH is 1. The van der Waals surface area contributed by atoms with Gasteiger partial charge in [0.1, 0.15) is 0 Å². The fourth-order valence-electron chi connectivity index (χ4n) is 2.29. The maximum absolute atomic E-state index is 12.2. The Labute approximate surface area is 99.1 Å². The van der Waals surface area contributed by atoms with E-state index in [9.17, 15) is 18.3 Å². The summed E-state index contributed by atoms with van der Waals surface area (Å²) in [6, 6.07) is 0. The van der Waals surface area contributed by atoms with Crippen LogP contribution >= 0.6 is 0 Å². The van der Waals surface area contributed by atoms with Gasteiger partial charge in [-0.2, -0.15) is 13.2 Å². The minimum absolute atomic E-state index is 0.0320. The number of rotatable bonds is 5. The Morgan fingerprint density at radius 1 is 1.53 bits per heavy atom. The molecule has 3 atom stereocenters. The topological polar surface area (TPSA) is 55.5 Å². The van der Waals surface area contributed by atoms with E-state index in [0.717, 1.165) is 26.2 Å². The van der Waals surface area contributed by atoms with Gasteiger partial charge in [0.25, 0.3) is 0 Å². The Kier molecular flexibility index (Phi) is 4.80. The largest absolute Gasteiger partial charge is 0.414 e. The van der Waals surface area contributed by atoms with E-state index in [1.165, 1.54) is 0 Å². The molecule has 0 aromatic rings. The molecule has 1 aliphatic rings. The Morgan fingerprint density at radius 2 is 2.18 bits per heavy atom. The average molecular weight is 255 g/mol. The van der Waals surface area contributed by atoms with Crippen molar-refractivity contribution in [1.82, 2.24) is 0 Å². The van der Waals surface area contributed by atoms with Gasteiger partial charge < -0.3 is 15.6 Å². The predicted octanol–water partition coefficient (Wildman–Crippen LogP) is 1.83. The summed E-state index contributed by atoms with van der Waals surface area (Å²) >= 11 is 0. The normalized spacial score (nSPS) is 31.8. The molecule has 3 unspecified atom stereocenters. The van der Waals surface area contributed by atoms with E-state index in [4.69, 9.17) is 10.5 Å². The molecule has 1 rings (SSSR count). The van der Waals surface area contributed by atoms with Gasteiger partial charge in [-0.15, -0.1) is 0 Å². The van der Waals surface area contributed by atoms with E-state index >= 15 is 0 Å². The number of hydrogen-bond acceptors (Lipinski definition) is 3. The van der Waals surface area contributed by atoms with Gasteiger partial charge in [0, 0.05) is 12.1 Å². The molecule has 0 aromatic carbocycles. The first kappa shape index (κ1) is 14.7. The molecule has 0 aromatic heterocycles. The van der Waals surface area contributed by atoms with Crippen molar-refractivity contribution in [3.05, 3.63) is 0 Å². The molecule has 17 heavy (non-hydrogen) atoms. The number of aliphatic hydroxyl groups is 1. The van der Waals surface area contributed by atoms with E-state index in [-0.39, 0.29) is 19.1 Å². The highest BCUT2D eigenvalue weighted by Crippen LogP contribution is 2.36. The van der Waals surface area contributed by atoms with Crippen molar-refractivity contribution in [3.8, 4) is 0 Å². The summed E-state index contributed by atoms with van der Waals surface area (Å²) in [7, 11) is 0. The number of nitrogens with two attached hydrogens (primary N) is 1. The van der Waals surface area contributed by atoms with Gasteiger partial charge in [-0.3, -0.25) is 0 Å². The number of hydrogen-bond donors (Lipinski definition) is 2. The molecule has 0 radical (unpaired) electrons. The summed E-state index contributed by atoms with van der Waals surface area (Å²) < 4.78 is 41.3. The summed E-state index contributed by atoms with van der Waals surface area (Å²) in [5.41, 5.74) is 5.34. The zero-order chi connectivity index (χ0) is 13.1. The first-order chi connectivity index (χ1) is 7.79. The third-order valence-electron chi connectivity index (χ3n) is 3.60. The molecule has 3 nitrogen and oxygen atoms in total. The zero-order valence-electron chi connectivity index (χ0n) is 9.96. The third kappa shape index (κ3) is 3.82. The standard InChI is InChI=1S/C11H20F3NO2/c1-8(11(12,13)14)17-6-4-9-3-2-5-10(9,15)7-16/h8-9,16H,2-7,15H2,1H3. The molecule has 0 heterocycles. The number of ether oxygens (including phenoxy) is 1. The maximum Gasteiger partial charge on any atom is 0.414 e. The lowest BCUT2D eigenvalue weighted by Gasteiger charge is -2.29. The van der Waals surface area contributed by atoms with Crippen LogP contribution in [0.2, 0.25) is 0 Å². The Balaban J connectivity index is 2.32. The summed E-state index contributed by atoms with van der Waals surface area (Å²) in [6.07, 6.45) is -3.10. The molecule has 0 amide bonds. The molecule has 1 saturated carbocycles. The fraction of sp³-hybridized carbons (Fsp3) is 1.00. The van der Waals surface area contributed by atoms with Crippen LogP contribution in [0.4, 0.5) is 13.2 Å². The molecule has 102 valence electrons. The van der Waals surface area contributed by atoms with Crippen LogP contribution in [-0.4, -0.2) is 36.1 Å². The predicted molar refractivity (Wildman–Crippen MR) is 57.4 cm³/mol. The van der Waals surface area contributed by atoms with Crippen molar-refractivity contribution in [2.24, 2.45) is 11.7 Å². The van der Waals surface area contributed by atoms with E-state index in [2.05, 4.69) is 0 Å². The Morgan fingerprint density at radius 3 is 2.71 bits per heavy atom. The van der Waals surface area contributed by atoms with Gasteiger partial charge in [0.2, 0.25) is 0 Å². The fourth-order valence-corrected chi connectivity index (χ4v) is 2.29. The van der Waals surface area contributed by atoms with Crippen LogP contribution in [0.15, 0.2) is 0 Å². The van der Waals surface area contributed by atoms with Gasteiger partial charge >= 0.3 is 6.18 Å². The van der Waals surface area contributed by atoms with Gasteiger partial charge in [-0.05, 0) is 32.1 Å². The maximum atomic E-state index is 12.2. The SMILES string of the molecule is CC(OCCC1CCCC1(N)CO)C(F)(F)F. The van der Waals surface area contributed by atoms with Crippen molar-refractivity contribution >= 4 is 0 Å². The summed E-state index contributed by atoms with van der Waals surface area (Å²) in [4.78, 5) is 0. The quantitative estimate of drug-likeness (QED) is 0.788. The first-order valence-corrected chi connectivity index (χ1v) is 5.87.